The van der Waals surface area contributed by atoms with Gasteiger partial charge in [0.05, 0.1) is 22.3 Å². The van der Waals surface area contributed by atoms with E-state index in [-0.39, 0.29) is 18.1 Å². The monoisotopic (exact) mass is 445 g/mol. The fourth-order valence-electron chi connectivity index (χ4n) is 5.08. The summed E-state index contributed by atoms with van der Waals surface area (Å²) in [6.45, 7) is 0. The van der Waals surface area contributed by atoms with Gasteiger partial charge in [-0.1, -0.05) is 23.7 Å². The van der Waals surface area contributed by atoms with Crippen molar-refractivity contribution in [2.45, 2.75) is 43.8 Å². The average molecular weight is 446 g/mol. The van der Waals surface area contributed by atoms with E-state index in [1.807, 2.05) is 37.4 Å². The van der Waals surface area contributed by atoms with Gasteiger partial charge in [0.1, 0.15) is 11.6 Å². The number of nitrogens with one attached hydrogen (secondary N) is 1. The first kappa shape index (κ1) is 19.8. The van der Waals surface area contributed by atoms with Crippen molar-refractivity contribution in [2.75, 3.05) is 11.2 Å². The lowest BCUT2D eigenvalue weighted by Gasteiger charge is -2.40. The highest BCUT2D eigenvalue weighted by molar-refractivity contribution is 7.88. The maximum atomic E-state index is 11.7. The second kappa shape index (κ2) is 7.21. The van der Waals surface area contributed by atoms with Crippen LogP contribution in [0.3, 0.4) is 0 Å². The molecule has 9 heteroatoms. The number of pyridine rings is 1. The normalized spacial score (nSPS) is 24.0. The van der Waals surface area contributed by atoms with Crippen molar-refractivity contribution in [3.63, 3.8) is 0 Å². The lowest BCUT2D eigenvalue weighted by molar-refractivity contribution is 0.389. The van der Waals surface area contributed by atoms with Gasteiger partial charge in [-0.2, -0.15) is 0 Å². The van der Waals surface area contributed by atoms with E-state index in [1.165, 1.54) is 6.26 Å². The maximum absolute atomic E-state index is 11.7. The van der Waals surface area contributed by atoms with Crippen molar-refractivity contribution in [3.05, 3.63) is 41.6 Å². The summed E-state index contributed by atoms with van der Waals surface area (Å²) in [7, 11) is -1.21. The molecule has 30 heavy (non-hydrogen) atoms. The van der Waals surface area contributed by atoms with Crippen LogP contribution in [-0.4, -0.2) is 47.3 Å². The third kappa shape index (κ3) is 3.46. The smallest absolute Gasteiger partial charge is 0.208 e. The van der Waals surface area contributed by atoms with Crippen LogP contribution in [0.2, 0.25) is 5.02 Å². The van der Waals surface area contributed by atoms with Crippen LogP contribution in [0.25, 0.3) is 22.4 Å². The van der Waals surface area contributed by atoms with Gasteiger partial charge in [-0.15, -0.1) is 0 Å². The van der Waals surface area contributed by atoms with Crippen LogP contribution in [0.1, 0.15) is 25.7 Å². The van der Waals surface area contributed by atoms with Crippen molar-refractivity contribution in [2.24, 2.45) is 7.05 Å². The van der Waals surface area contributed by atoms with Crippen LogP contribution >= 0.6 is 11.6 Å². The molecule has 2 aromatic heterocycles. The van der Waals surface area contributed by atoms with Crippen LogP contribution in [-0.2, 0) is 17.1 Å². The van der Waals surface area contributed by atoms with Crippen LogP contribution < -0.4 is 9.62 Å². The van der Waals surface area contributed by atoms with E-state index < -0.39 is 10.0 Å². The van der Waals surface area contributed by atoms with Gasteiger partial charge >= 0.3 is 0 Å². The van der Waals surface area contributed by atoms with Gasteiger partial charge in [-0.3, -0.25) is 0 Å². The zero-order chi connectivity index (χ0) is 21.0. The van der Waals surface area contributed by atoms with Gasteiger partial charge in [0.15, 0.2) is 0 Å². The molecule has 2 fully saturated rings. The number of aryl methyl sites for hydroxylation is 1. The molecule has 158 valence electrons. The van der Waals surface area contributed by atoms with E-state index >= 15 is 0 Å². The van der Waals surface area contributed by atoms with Crippen molar-refractivity contribution in [3.8, 4) is 11.4 Å². The Hall–Kier alpha value is -2.16. The van der Waals surface area contributed by atoms with Crippen molar-refractivity contribution in [1.82, 2.24) is 19.3 Å². The van der Waals surface area contributed by atoms with Crippen LogP contribution in [0.15, 0.2) is 36.5 Å². The summed E-state index contributed by atoms with van der Waals surface area (Å²) in [4.78, 5) is 11.8. The predicted molar refractivity (Wildman–Crippen MR) is 119 cm³/mol. The Balaban J connectivity index is 1.49. The molecule has 0 spiro atoms. The minimum absolute atomic E-state index is 0.0136. The highest BCUT2D eigenvalue weighted by Crippen LogP contribution is 2.41. The summed E-state index contributed by atoms with van der Waals surface area (Å²) in [6, 6.07) is 10.6. The van der Waals surface area contributed by atoms with Crippen molar-refractivity contribution < 1.29 is 8.42 Å². The first-order valence-corrected chi connectivity index (χ1v) is 12.4. The molecular formula is C21H24ClN5O2S. The summed E-state index contributed by atoms with van der Waals surface area (Å²) < 4.78 is 28.2. The molecule has 1 aromatic carbocycles. The topological polar surface area (TPSA) is 80.1 Å². The van der Waals surface area contributed by atoms with Crippen LogP contribution in [0.4, 0.5) is 5.82 Å². The Morgan fingerprint density at radius 2 is 1.87 bits per heavy atom. The number of benzene rings is 1. The first-order valence-electron chi connectivity index (χ1n) is 10.1. The molecule has 2 atom stereocenters. The fourth-order valence-corrected chi connectivity index (χ4v) is 6.06. The highest BCUT2D eigenvalue weighted by Gasteiger charge is 2.42. The lowest BCUT2D eigenvalue weighted by atomic mass is 9.98. The second-order valence-corrected chi connectivity index (χ2v) is 10.5. The molecule has 0 amide bonds. The van der Waals surface area contributed by atoms with Crippen molar-refractivity contribution >= 4 is 38.5 Å². The Labute approximate surface area is 181 Å². The van der Waals surface area contributed by atoms with Crippen LogP contribution in [0, 0.1) is 0 Å². The van der Waals surface area contributed by atoms with E-state index in [0.29, 0.717) is 5.02 Å². The average Bonchev–Trinajstić information content (AvgIpc) is 3.15. The number of hydrogen-bond acceptors (Lipinski definition) is 5. The van der Waals surface area contributed by atoms with E-state index in [0.717, 1.165) is 53.9 Å². The third-order valence-electron chi connectivity index (χ3n) is 6.25. The standard InChI is InChI=1S/C21H24ClN5O2S/c1-26-19-6-4-3-5-18(19)24-21(26)16-11-20(23-12-17(16)22)27-14-7-8-15(27)10-13(9-14)25-30(2,28)29/h3-6,11-15,25H,7-10H2,1-2H3. The molecular weight excluding hydrogens is 422 g/mol. The third-order valence-corrected chi connectivity index (χ3v) is 7.31. The number of anilines is 1. The Morgan fingerprint density at radius 3 is 2.53 bits per heavy atom. The fraction of sp³-hybridized carbons (Fsp3) is 0.429. The second-order valence-electron chi connectivity index (χ2n) is 8.36. The zero-order valence-electron chi connectivity index (χ0n) is 16.9. The number of nitrogens with zero attached hydrogens (tertiary/aromatic N) is 4. The van der Waals surface area contributed by atoms with E-state index in [1.54, 1.807) is 6.20 Å². The SMILES string of the molecule is Cn1c(-c2cc(N3C4CCC3CC(NS(C)(=O)=O)C4)ncc2Cl)nc2ccccc21. The minimum atomic E-state index is -3.20. The Bertz CT molecular complexity index is 1210. The molecule has 2 aliphatic heterocycles. The molecule has 7 nitrogen and oxygen atoms in total. The molecule has 4 heterocycles. The van der Waals surface area contributed by atoms with E-state index in [2.05, 4.69) is 19.2 Å². The van der Waals surface area contributed by atoms with Gasteiger partial charge in [0, 0.05) is 36.9 Å². The van der Waals surface area contributed by atoms with Crippen LogP contribution in [0.5, 0.6) is 0 Å². The number of sulfonamides is 1. The van der Waals surface area contributed by atoms with E-state index in [4.69, 9.17) is 16.6 Å². The van der Waals surface area contributed by atoms with Gasteiger partial charge in [-0.25, -0.2) is 23.1 Å². The number of rotatable bonds is 4. The number of hydrogen-bond donors (Lipinski definition) is 1. The molecule has 2 bridgehead atoms. The molecule has 2 saturated heterocycles. The summed E-state index contributed by atoms with van der Waals surface area (Å²) in [5.74, 6) is 1.69. The van der Waals surface area contributed by atoms with Crippen molar-refractivity contribution in [1.29, 1.82) is 0 Å². The number of para-hydroxylation sites is 2. The molecule has 2 aliphatic rings. The molecule has 5 rings (SSSR count). The predicted octanol–water partition coefficient (Wildman–Crippen LogP) is 3.34. The molecule has 0 radical (unpaired) electrons. The number of aromatic nitrogens is 3. The molecule has 0 saturated carbocycles. The molecule has 2 unspecified atom stereocenters. The quantitative estimate of drug-likeness (QED) is 0.666. The minimum Gasteiger partial charge on any atom is -0.351 e. The number of halogens is 1. The molecule has 0 aliphatic carbocycles. The Morgan fingerprint density at radius 1 is 1.17 bits per heavy atom. The molecule has 3 aromatic rings. The Kier molecular flexibility index (Phi) is 4.76. The number of fused-ring (bicyclic) bond motifs is 3. The zero-order valence-corrected chi connectivity index (χ0v) is 18.5. The largest absolute Gasteiger partial charge is 0.351 e. The van der Waals surface area contributed by atoms with Gasteiger partial charge in [-0.05, 0) is 43.9 Å². The first-order chi connectivity index (χ1) is 14.3. The van der Waals surface area contributed by atoms with Gasteiger partial charge in [0.25, 0.3) is 0 Å². The summed E-state index contributed by atoms with van der Waals surface area (Å²) in [5, 5.41) is 0.568. The van der Waals surface area contributed by atoms with E-state index in [9.17, 15) is 8.42 Å². The number of imidazole rings is 1. The summed E-state index contributed by atoms with van der Waals surface area (Å²) in [5.41, 5.74) is 2.84. The highest BCUT2D eigenvalue weighted by atomic mass is 35.5. The van der Waals surface area contributed by atoms with Gasteiger partial charge in [0.2, 0.25) is 10.0 Å². The summed E-state index contributed by atoms with van der Waals surface area (Å²) >= 11 is 6.54. The maximum Gasteiger partial charge on any atom is 0.208 e. The lowest BCUT2D eigenvalue weighted by Crippen LogP contribution is -2.50. The molecule has 1 N–H and O–H groups in total. The summed E-state index contributed by atoms with van der Waals surface area (Å²) in [6.07, 6.45) is 6.58. The van der Waals surface area contributed by atoms with Gasteiger partial charge < -0.3 is 9.47 Å². The number of piperidine rings is 1.